The molecule has 6 nitrogen and oxygen atoms in total. The van der Waals surface area contributed by atoms with Crippen LogP contribution in [-0.2, 0) is 4.79 Å². The highest BCUT2D eigenvalue weighted by Gasteiger charge is 2.08. The number of hydrogen-bond donors (Lipinski definition) is 2. The zero-order valence-corrected chi connectivity index (χ0v) is 13.4. The van der Waals surface area contributed by atoms with Gasteiger partial charge in [-0.2, -0.15) is 0 Å². The fourth-order valence-corrected chi connectivity index (χ4v) is 2.38. The van der Waals surface area contributed by atoms with Crippen molar-refractivity contribution in [1.82, 2.24) is 9.97 Å². The van der Waals surface area contributed by atoms with E-state index in [-0.39, 0.29) is 5.91 Å². The van der Waals surface area contributed by atoms with Crippen molar-refractivity contribution in [3.05, 3.63) is 54.1 Å². The van der Waals surface area contributed by atoms with Crippen LogP contribution in [-0.4, -0.2) is 30.1 Å². The van der Waals surface area contributed by atoms with Crippen molar-refractivity contribution >= 4 is 29.0 Å². The Labute approximate surface area is 139 Å². The Bertz CT molecular complexity index is 866. The molecule has 122 valence electrons. The fraction of sp³-hybridized carbons (Fsp3) is 0.111. The maximum Gasteiger partial charge on any atom is 0.250 e. The minimum absolute atomic E-state index is 0.293. The molecule has 1 amide bonds. The lowest BCUT2D eigenvalue weighted by molar-refractivity contribution is -0.111. The number of ether oxygens (including phenoxy) is 2. The second-order valence-electron chi connectivity index (χ2n) is 5.01. The molecule has 0 saturated heterocycles. The van der Waals surface area contributed by atoms with Crippen LogP contribution in [0.3, 0.4) is 0 Å². The molecule has 0 spiro atoms. The molecule has 3 rings (SSSR count). The van der Waals surface area contributed by atoms with Gasteiger partial charge in [0, 0.05) is 11.6 Å². The number of amides is 1. The molecule has 0 unspecified atom stereocenters. The summed E-state index contributed by atoms with van der Waals surface area (Å²) in [4.78, 5) is 19.4. The summed E-state index contributed by atoms with van der Waals surface area (Å²) in [6, 6.07) is 13.0. The van der Waals surface area contributed by atoms with E-state index in [0.717, 1.165) is 16.6 Å². The van der Waals surface area contributed by atoms with Gasteiger partial charge in [-0.05, 0) is 24.3 Å². The van der Waals surface area contributed by atoms with Gasteiger partial charge in [0.1, 0.15) is 0 Å². The Morgan fingerprint density at radius 1 is 1.12 bits per heavy atom. The van der Waals surface area contributed by atoms with Crippen LogP contribution in [0.25, 0.3) is 17.1 Å². The van der Waals surface area contributed by atoms with E-state index in [1.807, 2.05) is 36.4 Å². The third-order valence-electron chi connectivity index (χ3n) is 3.48. The lowest BCUT2D eigenvalue weighted by Gasteiger charge is -2.09. The highest BCUT2D eigenvalue weighted by molar-refractivity contribution is 6.01. The molecule has 24 heavy (non-hydrogen) atoms. The number of rotatable bonds is 5. The number of imidazole rings is 1. The SMILES string of the molecule is COc1cccc(/C=C/C(=O)Nc2nc3ccccc3[nH]2)c1OC. The highest BCUT2D eigenvalue weighted by Crippen LogP contribution is 2.31. The predicted octanol–water partition coefficient (Wildman–Crippen LogP) is 3.23. The number of anilines is 1. The lowest BCUT2D eigenvalue weighted by atomic mass is 10.1. The van der Waals surface area contributed by atoms with E-state index in [4.69, 9.17) is 9.47 Å². The highest BCUT2D eigenvalue weighted by atomic mass is 16.5. The van der Waals surface area contributed by atoms with Crippen molar-refractivity contribution in [1.29, 1.82) is 0 Å². The van der Waals surface area contributed by atoms with Crippen LogP contribution in [0.15, 0.2) is 48.5 Å². The molecule has 6 heteroatoms. The molecule has 0 bridgehead atoms. The van der Waals surface area contributed by atoms with E-state index in [9.17, 15) is 4.79 Å². The van der Waals surface area contributed by atoms with Crippen molar-refractivity contribution in [3.63, 3.8) is 0 Å². The summed E-state index contributed by atoms with van der Waals surface area (Å²) < 4.78 is 10.6. The van der Waals surface area contributed by atoms with Crippen LogP contribution in [0.4, 0.5) is 5.95 Å². The molecule has 0 fully saturated rings. The van der Waals surface area contributed by atoms with Crippen LogP contribution in [0, 0.1) is 0 Å². The van der Waals surface area contributed by atoms with Crippen molar-refractivity contribution in [3.8, 4) is 11.5 Å². The normalized spacial score (nSPS) is 10.9. The van der Waals surface area contributed by atoms with Crippen LogP contribution in [0.1, 0.15) is 5.56 Å². The van der Waals surface area contributed by atoms with E-state index in [0.29, 0.717) is 17.4 Å². The van der Waals surface area contributed by atoms with Crippen LogP contribution in [0.5, 0.6) is 11.5 Å². The molecule has 0 aliphatic carbocycles. The van der Waals surface area contributed by atoms with E-state index in [2.05, 4.69) is 15.3 Å². The van der Waals surface area contributed by atoms with Crippen molar-refractivity contribution in [2.75, 3.05) is 19.5 Å². The molecule has 0 atom stereocenters. The number of H-pyrrole nitrogens is 1. The van der Waals surface area contributed by atoms with Crippen LogP contribution in [0.2, 0.25) is 0 Å². The largest absolute Gasteiger partial charge is 0.493 e. The molecule has 1 heterocycles. The first kappa shape index (κ1) is 15.6. The molecule has 0 radical (unpaired) electrons. The minimum Gasteiger partial charge on any atom is -0.493 e. The summed E-state index contributed by atoms with van der Waals surface area (Å²) in [6.45, 7) is 0. The number of carbonyl (C=O) groups excluding carboxylic acids is 1. The Morgan fingerprint density at radius 3 is 2.71 bits per heavy atom. The molecular weight excluding hydrogens is 306 g/mol. The quantitative estimate of drug-likeness (QED) is 0.707. The summed E-state index contributed by atoms with van der Waals surface area (Å²) in [6.07, 6.45) is 3.09. The Morgan fingerprint density at radius 2 is 1.96 bits per heavy atom. The number of benzene rings is 2. The molecule has 2 N–H and O–H groups in total. The summed E-state index contributed by atoms with van der Waals surface area (Å²) >= 11 is 0. The maximum atomic E-state index is 12.1. The maximum absolute atomic E-state index is 12.1. The van der Waals surface area contributed by atoms with Gasteiger partial charge in [-0.1, -0.05) is 24.3 Å². The standard InChI is InChI=1S/C18H17N3O3/c1-23-15-9-5-6-12(17(15)24-2)10-11-16(22)21-18-19-13-7-3-4-8-14(13)20-18/h3-11H,1-2H3,(H2,19,20,21,22)/b11-10+. The Kier molecular flexibility index (Phi) is 4.47. The Hall–Kier alpha value is -3.28. The van der Waals surface area contributed by atoms with Crippen molar-refractivity contribution in [2.45, 2.75) is 0 Å². The van der Waals surface area contributed by atoms with E-state index < -0.39 is 0 Å². The minimum atomic E-state index is -0.293. The third kappa shape index (κ3) is 3.22. The van der Waals surface area contributed by atoms with Crippen LogP contribution >= 0.6 is 0 Å². The van der Waals surface area contributed by atoms with Gasteiger partial charge in [0.25, 0.3) is 5.91 Å². The Balaban J connectivity index is 1.76. The smallest absolute Gasteiger partial charge is 0.250 e. The number of para-hydroxylation sites is 3. The van der Waals surface area contributed by atoms with Gasteiger partial charge in [0.2, 0.25) is 5.95 Å². The van der Waals surface area contributed by atoms with E-state index >= 15 is 0 Å². The molecule has 0 aliphatic heterocycles. The van der Waals surface area contributed by atoms with Gasteiger partial charge in [0.15, 0.2) is 11.5 Å². The summed E-state index contributed by atoms with van der Waals surface area (Å²) in [5, 5.41) is 2.70. The third-order valence-corrected chi connectivity index (χ3v) is 3.48. The molecule has 2 aromatic carbocycles. The molecule has 0 aliphatic rings. The average Bonchev–Trinajstić information content (AvgIpc) is 3.01. The summed E-state index contributed by atoms with van der Waals surface area (Å²) in [7, 11) is 3.13. The number of hydrogen-bond acceptors (Lipinski definition) is 4. The number of nitrogens with one attached hydrogen (secondary N) is 2. The molecule has 0 saturated carbocycles. The fourth-order valence-electron chi connectivity index (χ4n) is 2.38. The number of methoxy groups -OCH3 is 2. The van der Waals surface area contributed by atoms with Gasteiger partial charge in [-0.3, -0.25) is 10.1 Å². The van der Waals surface area contributed by atoms with Gasteiger partial charge in [-0.25, -0.2) is 4.98 Å². The first-order valence-electron chi connectivity index (χ1n) is 7.36. The zero-order valence-electron chi connectivity index (χ0n) is 13.4. The van der Waals surface area contributed by atoms with Crippen molar-refractivity contribution in [2.24, 2.45) is 0 Å². The van der Waals surface area contributed by atoms with E-state index in [1.54, 1.807) is 26.4 Å². The molecule has 1 aromatic heterocycles. The van der Waals surface area contributed by atoms with Gasteiger partial charge >= 0.3 is 0 Å². The van der Waals surface area contributed by atoms with Gasteiger partial charge < -0.3 is 14.5 Å². The monoisotopic (exact) mass is 323 g/mol. The van der Waals surface area contributed by atoms with Crippen molar-refractivity contribution < 1.29 is 14.3 Å². The first-order chi connectivity index (χ1) is 11.7. The number of carbonyl (C=O) groups is 1. The summed E-state index contributed by atoms with van der Waals surface area (Å²) in [5.41, 5.74) is 2.41. The number of aromatic nitrogens is 2. The zero-order chi connectivity index (χ0) is 16.9. The first-order valence-corrected chi connectivity index (χ1v) is 7.36. The van der Waals surface area contributed by atoms with Gasteiger partial charge in [-0.15, -0.1) is 0 Å². The second-order valence-corrected chi connectivity index (χ2v) is 5.01. The number of fused-ring (bicyclic) bond motifs is 1. The topological polar surface area (TPSA) is 76.2 Å². The molecular formula is C18H17N3O3. The molecule has 3 aromatic rings. The van der Waals surface area contributed by atoms with E-state index in [1.165, 1.54) is 6.08 Å². The lowest BCUT2D eigenvalue weighted by Crippen LogP contribution is -2.09. The number of aromatic amines is 1. The van der Waals surface area contributed by atoms with Crippen LogP contribution < -0.4 is 14.8 Å². The average molecular weight is 323 g/mol. The second kappa shape index (κ2) is 6.87. The van der Waals surface area contributed by atoms with Gasteiger partial charge in [0.05, 0.1) is 25.3 Å². The number of nitrogens with zero attached hydrogens (tertiary/aromatic N) is 1. The predicted molar refractivity (Wildman–Crippen MR) is 93.3 cm³/mol. The summed E-state index contributed by atoms with van der Waals surface area (Å²) in [5.74, 6) is 1.30.